The van der Waals surface area contributed by atoms with Crippen LogP contribution in [-0.4, -0.2) is 75.9 Å². The number of hydrogen-bond acceptors (Lipinski definition) is 9. The van der Waals surface area contributed by atoms with Crippen molar-refractivity contribution >= 4 is 34.7 Å². The van der Waals surface area contributed by atoms with Crippen molar-refractivity contribution in [1.29, 1.82) is 0 Å². The number of aromatic hydroxyl groups is 1. The van der Waals surface area contributed by atoms with E-state index in [9.17, 15) is 34.2 Å². The third kappa shape index (κ3) is 4.80. The van der Waals surface area contributed by atoms with Gasteiger partial charge in [0.1, 0.15) is 5.75 Å². The first-order chi connectivity index (χ1) is 21.8. The molecule has 4 aliphatic carbocycles. The predicted octanol–water partition coefficient (Wildman–Crippen LogP) is 2.89. The Hall–Kier alpha value is -3.89. The summed E-state index contributed by atoms with van der Waals surface area (Å²) < 4.78 is 0. The Kier molecular flexibility index (Phi) is 8.17. The van der Waals surface area contributed by atoms with Crippen LogP contribution in [0.4, 0.5) is 5.69 Å². The van der Waals surface area contributed by atoms with Gasteiger partial charge in [-0.25, -0.2) is 0 Å². The van der Waals surface area contributed by atoms with E-state index in [1.807, 2.05) is 13.0 Å². The summed E-state index contributed by atoms with van der Waals surface area (Å²) in [5, 5.41) is 26.9. The Balaban J connectivity index is 1.29. The zero-order chi connectivity index (χ0) is 33.2. The lowest BCUT2D eigenvalue weighted by atomic mass is 9.47. The fourth-order valence-electron chi connectivity index (χ4n) is 9.28. The average molecular weight is 630 g/mol. The minimum atomic E-state index is -2.76. The zero-order valence-electron chi connectivity index (χ0n) is 26.7. The maximum Gasteiger partial charge on any atom is 0.235 e. The molecule has 0 aromatic heterocycles. The Morgan fingerprint density at radius 1 is 0.978 bits per heavy atom. The van der Waals surface area contributed by atoms with Crippen LogP contribution in [0.3, 0.4) is 0 Å². The van der Waals surface area contributed by atoms with Crippen molar-refractivity contribution in [3.05, 3.63) is 59.2 Å². The molecule has 0 aliphatic heterocycles. The number of benzene rings is 2. The van der Waals surface area contributed by atoms with E-state index in [1.165, 1.54) is 10.5 Å². The first kappa shape index (κ1) is 32.1. The summed E-state index contributed by atoms with van der Waals surface area (Å²) in [7, 11) is 3.15. The first-order valence-corrected chi connectivity index (χ1v) is 16.3. The molecule has 0 heterocycles. The number of amides is 1. The van der Waals surface area contributed by atoms with Gasteiger partial charge in [0.05, 0.1) is 23.2 Å². The van der Waals surface area contributed by atoms with E-state index >= 15 is 0 Å². The second kappa shape index (κ2) is 11.7. The van der Waals surface area contributed by atoms with Crippen molar-refractivity contribution in [2.75, 3.05) is 19.4 Å². The van der Waals surface area contributed by atoms with Crippen LogP contribution in [0.25, 0.3) is 0 Å². The molecule has 10 nitrogen and oxygen atoms in total. The number of ketones is 4. The van der Waals surface area contributed by atoms with Gasteiger partial charge in [-0.15, -0.1) is 0 Å². The third-order valence-electron chi connectivity index (χ3n) is 11.5. The van der Waals surface area contributed by atoms with Crippen molar-refractivity contribution < 1.29 is 34.2 Å². The molecule has 6 rings (SSSR count). The van der Waals surface area contributed by atoms with Crippen LogP contribution in [0.5, 0.6) is 5.75 Å². The quantitative estimate of drug-likeness (QED) is 0.278. The molecule has 0 bridgehead atoms. The number of nitrogens with two attached hydrogens (primary N) is 1. The first-order valence-electron chi connectivity index (χ1n) is 16.3. The van der Waals surface area contributed by atoms with Crippen molar-refractivity contribution in [2.24, 2.45) is 41.2 Å². The second-order valence-electron chi connectivity index (χ2n) is 14.2. The summed E-state index contributed by atoms with van der Waals surface area (Å²) >= 11 is 0. The minimum absolute atomic E-state index is 0.00839. The molecule has 0 radical (unpaired) electrons. The number of rotatable bonds is 6. The number of nitrogens with zero attached hydrogens (tertiary/aromatic N) is 1. The summed E-state index contributed by atoms with van der Waals surface area (Å²) in [5.41, 5.74) is 4.99. The molecule has 3 fully saturated rings. The van der Waals surface area contributed by atoms with Crippen LogP contribution < -0.4 is 11.1 Å². The molecule has 10 heteroatoms. The highest BCUT2D eigenvalue weighted by Gasteiger charge is 2.72. The van der Waals surface area contributed by atoms with Gasteiger partial charge >= 0.3 is 0 Å². The molecule has 8 atom stereocenters. The molecule has 4 aliphatic rings. The number of carbonyl (C=O) groups excluding carboxylic acids is 5. The fraction of sp³-hybridized carbons (Fsp3) is 0.528. The smallest absolute Gasteiger partial charge is 0.235 e. The number of aliphatic hydroxyl groups is 1. The van der Waals surface area contributed by atoms with Gasteiger partial charge in [0.15, 0.2) is 34.7 Å². The average Bonchev–Trinajstić information content (AvgIpc) is 3.01. The maximum absolute atomic E-state index is 14.3. The van der Waals surface area contributed by atoms with Gasteiger partial charge in [0.25, 0.3) is 0 Å². The van der Waals surface area contributed by atoms with Gasteiger partial charge in [0, 0.05) is 12.0 Å². The fourth-order valence-corrected chi connectivity index (χ4v) is 9.28. The van der Waals surface area contributed by atoms with E-state index in [1.54, 1.807) is 33.2 Å². The molecule has 2 unspecified atom stereocenters. The lowest BCUT2D eigenvalue weighted by molar-refractivity contribution is -0.188. The molecule has 46 heavy (non-hydrogen) atoms. The van der Waals surface area contributed by atoms with Crippen LogP contribution >= 0.6 is 0 Å². The summed E-state index contributed by atoms with van der Waals surface area (Å²) in [4.78, 5) is 69.4. The van der Waals surface area contributed by atoms with Gasteiger partial charge in [0.2, 0.25) is 5.91 Å². The number of phenols is 1. The highest BCUT2D eigenvalue weighted by Crippen LogP contribution is 2.57. The van der Waals surface area contributed by atoms with Gasteiger partial charge < -0.3 is 21.3 Å². The van der Waals surface area contributed by atoms with Crippen molar-refractivity contribution in [2.45, 2.75) is 69.6 Å². The monoisotopic (exact) mass is 629 g/mol. The van der Waals surface area contributed by atoms with Crippen molar-refractivity contribution in [1.82, 2.24) is 4.90 Å². The van der Waals surface area contributed by atoms with Crippen LogP contribution in [0.2, 0.25) is 0 Å². The van der Waals surface area contributed by atoms with E-state index in [2.05, 4.69) is 29.6 Å². The lowest BCUT2D eigenvalue weighted by Crippen LogP contribution is -2.76. The SMILES string of the molecule is C[C@H]1[C@H]2C(C(=O)c3c(ccc(NC4CCC(Cc5ccccc5)CC4)c3O)[C@@H]2C)C(=O)[C@]2(O)C(=O)C(C(N)=O)C(=O)[C@@H](N(C)C)[C@H]12. The summed E-state index contributed by atoms with van der Waals surface area (Å²) in [6, 6.07) is 12.9. The molecule has 2 aromatic rings. The number of carbonyl (C=O) groups is 5. The highest BCUT2D eigenvalue weighted by atomic mass is 16.3. The largest absolute Gasteiger partial charge is 0.505 e. The van der Waals surface area contributed by atoms with E-state index in [0.717, 1.165) is 32.1 Å². The van der Waals surface area contributed by atoms with Gasteiger partial charge in [-0.05, 0) is 87.1 Å². The van der Waals surface area contributed by atoms with Crippen LogP contribution in [0.1, 0.15) is 66.9 Å². The number of phenolic OH excluding ortho intramolecular Hbond substituents is 1. The number of anilines is 1. The highest BCUT2D eigenvalue weighted by molar-refractivity contribution is 6.32. The number of nitrogens with one attached hydrogen (secondary N) is 1. The number of fused-ring (bicyclic) bond motifs is 3. The maximum atomic E-state index is 14.3. The molecule has 2 aromatic carbocycles. The number of Topliss-reactive ketones (excluding diaryl/α,β-unsaturated/α-hetero) is 4. The van der Waals surface area contributed by atoms with Crippen LogP contribution in [0, 0.1) is 35.5 Å². The zero-order valence-corrected chi connectivity index (χ0v) is 26.7. The van der Waals surface area contributed by atoms with Crippen LogP contribution in [-0.2, 0) is 25.6 Å². The summed E-state index contributed by atoms with van der Waals surface area (Å²) in [6.07, 6.45) is 4.89. The normalized spacial score (nSPS) is 35.7. The molecular weight excluding hydrogens is 586 g/mol. The van der Waals surface area contributed by atoms with E-state index in [-0.39, 0.29) is 17.4 Å². The Labute approximate surface area is 268 Å². The van der Waals surface area contributed by atoms with Crippen LogP contribution in [0.15, 0.2) is 42.5 Å². The van der Waals surface area contributed by atoms with Gasteiger partial charge in [-0.2, -0.15) is 0 Å². The standard InChI is InChI=1S/C36H43N3O7/c1-17-22-14-15-23(38-21-12-10-20(11-13-21)16-19-8-6-5-7-9-19)30(40)25(22)31(41)26-24(17)18(2)28-29(39(3)4)32(42)27(35(37)45)34(44)36(28,46)33(26)43/h5-9,14-15,17-18,20-21,24,26-29,38,40,46H,10-13,16H2,1-4H3,(H2,37,45)/t17-,18-,20?,21?,24-,26?,27?,28-,29-,36-/m0/s1. The molecule has 0 saturated heterocycles. The molecule has 244 valence electrons. The lowest BCUT2D eigenvalue weighted by Gasteiger charge is -2.57. The van der Waals surface area contributed by atoms with Gasteiger partial charge in [-0.3, -0.25) is 28.9 Å². The van der Waals surface area contributed by atoms with E-state index in [0.29, 0.717) is 17.2 Å². The van der Waals surface area contributed by atoms with Crippen molar-refractivity contribution in [3.63, 3.8) is 0 Å². The van der Waals surface area contributed by atoms with Gasteiger partial charge in [-0.1, -0.05) is 50.2 Å². The predicted molar refractivity (Wildman–Crippen MR) is 170 cm³/mol. The molecule has 5 N–H and O–H groups in total. The second-order valence-corrected chi connectivity index (χ2v) is 14.2. The Morgan fingerprint density at radius 3 is 2.24 bits per heavy atom. The molecule has 1 amide bonds. The number of hydrogen-bond donors (Lipinski definition) is 4. The molecule has 3 saturated carbocycles. The summed E-state index contributed by atoms with van der Waals surface area (Å²) in [6.45, 7) is 3.60. The Bertz CT molecular complexity index is 1600. The molecule has 0 spiro atoms. The minimum Gasteiger partial charge on any atom is -0.505 e. The van der Waals surface area contributed by atoms with Crippen molar-refractivity contribution in [3.8, 4) is 5.75 Å². The summed E-state index contributed by atoms with van der Waals surface area (Å²) in [5.74, 6) is -11.0. The Morgan fingerprint density at radius 2 is 1.63 bits per heavy atom. The number of likely N-dealkylation sites (N-methyl/N-ethyl adjacent to an activating group) is 1. The van der Waals surface area contributed by atoms with E-state index in [4.69, 9.17) is 5.73 Å². The number of primary amides is 1. The topological polar surface area (TPSA) is 167 Å². The van der Waals surface area contributed by atoms with E-state index < -0.39 is 76.2 Å². The molecular formula is C36H43N3O7. The third-order valence-corrected chi connectivity index (χ3v) is 11.5.